The lowest BCUT2D eigenvalue weighted by atomic mass is 9.45. The fourth-order valence-corrected chi connectivity index (χ4v) is 8.90. The van der Waals surface area contributed by atoms with E-state index in [0.29, 0.717) is 18.1 Å². The Labute approximate surface area is 213 Å². The fourth-order valence-electron chi connectivity index (χ4n) is 8.90. The van der Waals surface area contributed by atoms with E-state index < -0.39 is 5.60 Å². The molecule has 1 saturated carbocycles. The van der Waals surface area contributed by atoms with E-state index in [4.69, 9.17) is 0 Å². The molecule has 2 aromatic rings. The van der Waals surface area contributed by atoms with Crippen LogP contribution >= 0.6 is 0 Å². The summed E-state index contributed by atoms with van der Waals surface area (Å²) in [6.45, 7) is 4.16. The zero-order valence-electron chi connectivity index (χ0n) is 21.2. The van der Waals surface area contributed by atoms with E-state index in [1.54, 1.807) is 11.1 Å². The maximum atomic E-state index is 12.6. The Hall–Kier alpha value is -2.96. The molecular weight excluding hydrogens is 442 g/mol. The van der Waals surface area contributed by atoms with Crippen LogP contribution in [0.3, 0.4) is 0 Å². The van der Waals surface area contributed by atoms with Gasteiger partial charge in [-0.25, -0.2) is 0 Å². The summed E-state index contributed by atoms with van der Waals surface area (Å²) in [5, 5.41) is 11.9. The summed E-state index contributed by atoms with van der Waals surface area (Å²) < 4.78 is 0. The Bertz CT molecular complexity index is 1420. The minimum absolute atomic E-state index is 0.0365. The monoisotopic (exact) mass is 475 g/mol. The van der Waals surface area contributed by atoms with E-state index in [1.807, 2.05) is 31.5 Å². The van der Waals surface area contributed by atoms with Crippen molar-refractivity contribution in [2.24, 2.45) is 16.7 Å². The van der Waals surface area contributed by atoms with Gasteiger partial charge in [0.1, 0.15) is 5.60 Å². The number of benzene rings is 1. The predicted octanol–water partition coefficient (Wildman–Crippen LogP) is 6.33. The third-order valence-corrected chi connectivity index (χ3v) is 10.5. The van der Waals surface area contributed by atoms with Crippen LogP contribution in [0.4, 0.5) is 0 Å². The first-order chi connectivity index (χ1) is 17.4. The van der Waals surface area contributed by atoms with Crippen LogP contribution in [-0.4, -0.2) is 21.5 Å². The van der Waals surface area contributed by atoms with Crippen molar-refractivity contribution in [2.45, 2.75) is 76.7 Å². The first-order valence-electron chi connectivity index (χ1n) is 13.6. The number of carbonyl (C=O) groups is 1. The number of aromatic nitrogens is 1. The highest BCUT2D eigenvalue weighted by molar-refractivity contribution is 5.92. The molecule has 0 unspecified atom stereocenters. The number of pyridine rings is 1. The standard InChI is InChI=1S/C33H33NO2/c1-3-12-33(36)14-11-29-27-9-7-24-17-25(35)10-13-32(24)18-23-16-21(22-5-4-15-34-20-22)6-8-26(23)28(30(27)32)19-31(29,33)2/h4-6,8,15-17,20,28-29,36H,7,9-11,13-14,18-19H2,1-2H3/t28-,29+,31+,32-,33+/m1/s1. The predicted molar refractivity (Wildman–Crippen MR) is 141 cm³/mol. The van der Waals surface area contributed by atoms with Gasteiger partial charge in [0, 0.05) is 35.6 Å². The van der Waals surface area contributed by atoms with Crippen LogP contribution in [0.15, 0.2) is 65.5 Å². The summed E-state index contributed by atoms with van der Waals surface area (Å²) in [7, 11) is 0. The molecule has 1 aromatic heterocycles. The second kappa shape index (κ2) is 7.53. The van der Waals surface area contributed by atoms with Crippen LogP contribution < -0.4 is 0 Å². The molecule has 3 heteroatoms. The van der Waals surface area contributed by atoms with Crippen molar-refractivity contribution >= 4 is 5.78 Å². The molecule has 0 amide bonds. The van der Waals surface area contributed by atoms with Crippen molar-refractivity contribution in [1.82, 2.24) is 4.98 Å². The summed E-state index contributed by atoms with van der Waals surface area (Å²) in [5.41, 5.74) is 8.49. The molecular formula is C33H33NO2. The van der Waals surface area contributed by atoms with Gasteiger partial charge in [0.2, 0.25) is 0 Å². The van der Waals surface area contributed by atoms with E-state index in [0.717, 1.165) is 50.5 Å². The minimum Gasteiger partial charge on any atom is -0.377 e. The van der Waals surface area contributed by atoms with E-state index in [9.17, 15) is 9.90 Å². The van der Waals surface area contributed by atoms with E-state index >= 15 is 0 Å². The fraction of sp³-hybridized carbons (Fsp3) is 0.455. The molecule has 0 bridgehead atoms. The number of aliphatic hydroxyl groups is 1. The first-order valence-corrected chi connectivity index (χ1v) is 13.6. The molecule has 1 spiro atoms. The Morgan fingerprint density at radius 2 is 2.00 bits per heavy atom. The lowest BCUT2D eigenvalue weighted by Gasteiger charge is -2.58. The number of rotatable bonds is 1. The van der Waals surface area contributed by atoms with Crippen LogP contribution in [0.1, 0.15) is 75.8 Å². The molecule has 182 valence electrons. The van der Waals surface area contributed by atoms with Gasteiger partial charge in [0.25, 0.3) is 0 Å². The van der Waals surface area contributed by atoms with Gasteiger partial charge in [0.05, 0.1) is 0 Å². The van der Waals surface area contributed by atoms with Crippen molar-refractivity contribution in [2.75, 3.05) is 0 Å². The SMILES string of the molecule is CC#C[C@]1(O)CC[C@H]2C3=C4[C@H](C[C@@]21C)c1ccc(-c2cccnc2)cc1C[C@@]41CCC(=O)C=C1CC3. The molecule has 1 heterocycles. The number of hydrogen-bond donors (Lipinski definition) is 1. The molecule has 7 rings (SSSR count). The normalized spacial score (nSPS) is 36.1. The van der Waals surface area contributed by atoms with Crippen LogP contribution in [0.25, 0.3) is 11.1 Å². The van der Waals surface area contributed by atoms with E-state index in [-0.39, 0.29) is 16.7 Å². The summed E-state index contributed by atoms with van der Waals surface area (Å²) >= 11 is 0. The summed E-state index contributed by atoms with van der Waals surface area (Å²) in [5.74, 6) is 7.27. The van der Waals surface area contributed by atoms with Crippen LogP contribution in [-0.2, 0) is 11.2 Å². The molecule has 5 aliphatic rings. The Morgan fingerprint density at radius 1 is 1.11 bits per heavy atom. The topological polar surface area (TPSA) is 50.2 Å². The van der Waals surface area contributed by atoms with Gasteiger partial charge in [-0.15, -0.1) is 5.92 Å². The highest BCUT2D eigenvalue weighted by atomic mass is 16.3. The number of hydrogen-bond acceptors (Lipinski definition) is 3. The number of ketones is 1. The van der Waals surface area contributed by atoms with Gasteiger partial charge in [-0.2, -0.15) is 0 Å². The highest BCUT2D eigenvalue weighted by Gasteiger charge is 2.64. The quantitative estimate of drug-likeness (QED) is 0.387. The maximum absolute atomic E-state index is 12.6. The van der Waals surface area contributed by atoms with Crippen molar-refractivity contribution in [1.29, 1.82) is 0 Å². The maximum Gasteiger partial charge on any atom is 0.155 e. The summed E-state index contributed by atoms with van der Waals surface area (Å²) in [6.07, 6.45) is 13.0. The Balaban J connectivity index is 1.46. The number of carbonyl (C=O) groups excluding carboxylic acids is 1. The van der Waals surface area contributed by atoms with E-state index in [2.05, 4.69) is 48.0 Å². The van der Waals surface area contributed by atoms with Crippen molar-refractivity contribution in [3.8, 4) is 23.0 Å². The third-order valence-electron chi connectivity index (χ3n) is 10.5. The number of nitrogens with zero attached hydrogens (tertiary/aromatic N) is 1. The van der Waals surface area contributed by atoms with Crippen LogP contribution in [0, 0.1) is 28.6 Å². The minimum atomic E-state index is -0.940. The zero-order valence-corrected chi connectivity index (χ0v) is 21.2. The van der Waals surface area contributed by atoms with E-state index in [1.165, 1.54) is 22.3 Å². The second-order valence-corrected chi connectivity index (χ2v) is 12.0. The third kappa shape index (κ3) is 2.80. The van der Waals surface area contributed by atoms with Crippen LogP contribution in [0.2, 0.25) is 0 Å². The molecule has 36 heavy (non-hydrogen) atoms. The van der Waals surface area contributed by atoms with Gasteiger partial charge < -0.3 is 5.11 Å². The number of allylic oxidation sites excluding steroid dienone is 4. The molecule has 3 nitrogen and oxygen atoms in total. The smallest absolute Gasteiger partial charge is 0.155 e. The average molecular weight is 476 g/mol. The van der Waals surface area contributed by atoms with Gasteiger partial charge in [0.15, 0.2) is 5.78 Å². The van der Waals surface area contributed by atoms with Gasteiger partial charge >= 0.3 is 0 Å². The molecule has 1 N–H and O–H groups in total. The van der Waals surface area contributed by atoms with Crippen molar-refractivity contribution < 1.29 is 9.90 Å². The van der Waals surface area contributed by atoms with Crippen LogP contribution in [0.5, 0.6) is 0 Å². The first kappa shape index (κ1) is 22.3. The highest BCUT2D eigenvalue weighted by Crippen LogP contribution is 2.70. The van der Waals surface area contributed by atoms with Crippen molar-refractivity contribution in [3.63, 3.8) is 0 Å². The van der Waals surface area contributed by atoms with Gasteiger partial charge in [-0.1, -0.05) is 53.8 Å². The molecule has 0 aliphatic heterocycles. The second-order valence-electron chi connectivity index (χ2n) is 12.0. The molecule has 5 atom stereocenters. The molecule has 1 aromatic carbocycles. The molecule has 1 fully saturated rings. The summed E-state index contributed by atoms with van der Waals surface area (Å²) in [6, 6.07) is 11.1. The molecule has 5 aliphatic carbocycles. The Kier molecular flexibility index (Phi) is 4.65. The number of fused-ring (bicyclic) bond motifs is 4. The largest absolute Gasteiger partial charge is 0.377 e. The van der Waals surface area contributed by atoms with Crippen molar-refractivity contribution in [3.05, 3.63) is 76.6 Å². The Morgan fingerprint density at radius 3 is 2.81 bits per heavy atom. The molecule has 0 saturated heterocycles. The average Bonchev–Trinajstić information content (AvgIpc) is 3.14. The molecule has 0 radical (unpaired) electrons. The van der Waals surface area contributed by atoms with Gasteiger partial charge in [-0.3, -0.25) is 9.78 Å². The lowest BCUT2D eigenvalue weighted by molar-refractivity contribution is -0.115. The lowest BCUT2D eigenvalue weighted by Crippen LogP contribution is -2.52. The summed E-state index contributed by atoms with van der Waals surface area (Å²) in [4.78, 5) is 16.9. The van der Waals surface area contributed by atoms with Gasteiger partial charge in [-0.05, 0) is 92.2 Å². The zero-order chi connectivity index (χ0) is 24.7.